The highest BCUT2D eigenvalue weighted by atomic mass is 19.4. The lowest BCUT2D eigenvalue weighted by Gasteiger charge is -2.30. The van der Waals surface area contributed by atoms with Gasteiger partial charge in [0.15, 0.2) is 0 Å². The van der Waals surface area contributed by atoms with Crippen molar-refractivity contribution in [3.8, 4) is 0 Å². The van der Waals surface area contributed by atoms with Crippen molar-refractivity contribution in [3.63, 3.8) is 0 Å². The molecule has 0 saturated carbocycles. The number of rotatable bonds is 7. The van der Waals surface area contributed by atoms with Crippen LogP contribution in [0.2, 0.25) is 0 Å². The van der Waals surface area contributed by atoms with Gasteiger partial charge in [0.05, 0.1) is 12.6 Å². The molecule has 1 saturated heterocycles. The quantitative estimate of drug-likeness (QED) is 0.624. The molecule has 20 heavy (non-hydrogen) atoms. The molecule has 1 rings (SSSR count). The number of carbonyl (C=O) groups is 1. The van der Waals surface area contributed by atoms with Gasteiger partial charge in [0.25, 0.3) is 0 Å². The molecule has 5 nitrogen and oxygen atoms in total. The predicted molar refractivity (Wildman–Crippen MR) is 68.2 cm³/mol. The van der Waals surface area contributed by atoms with Gasteiger partial charge in [0.2, 0.25) is 5.91 Å². The van der Waals surface area contributed by atoms with Crippen molar-refractivity contribution in [2.75, 3.05) is 32.8 Å². The second kappa shape index (κ2) is 7.80. The Morgan fingerprint density at radius 1 is 1.55 bits per heavy atom. The largest absolute Gasteiger partial charge is 0.405 e. The molecule has 0 aromatic heterocycles. The van der Waals surface area contributed by atoms with E-state index in [-0.39, 0.29) is 19.2 Å². The lowest BCUT2D eigenvalue weighted by atomic mass is 10.1. The van der Waals surface area contributed by atoms with Gasteiger partial charge in [-0.15, -0.1) is 0 Å². The number of amides is 1. The van der Waals surface area contributed by atoms with E-state index in [0.717, 1.165) is 19.4 Å². The Labute approximate surface area is 116 Å². The van der Waals surface area contributed by atoms with E-state index in [0.29, 0.717) is 6.54 Å². The Bertz CT molecular complexity index is 307. The van der Waals surface area contributed by atoms with Crippen molar-refractivity contribution in [3.05, 3.63) is 0 Å². The SMILES string of the molecule is CC(C(=O)NCC(F)(F)F)N(CCO)CC1CCCN1. The van der Waals surface area contributed by atoms with Crippen LogP contribution in [0.5, 0.6) is 0 Å². The fourth-order valence-corrected chi connectivity index (χ4v) is 2.27. The number of aliphatic hydroxyl groups is 1. The Hall–Kier alpha value is -0.860. The van der Waals surface area contributed by atoms with Gasteiger partial charge in [-0.3, -0.25) is 9.69 Å². The molecule has 1 fully saturated rings. The molecule has 0 aromatic carbocycles. The van der Waals surface area contributed by atoms with Gasteiger partial charge in [-0.1, -0.05) is 0 Å². The highest BCUT2D eigenvalue weighted by molar-refractivity contribution is 5.81. The average Bonchev–Trinajstić information content (AvgIpc) is 2.86. The van der Waals surface area contributed by atoms with Crippen LogP contribution in [0.25, 0.3) is 0 Å². The molecule has 0 radical (unpaired) electrons. The van der Waals surface area contributed by atoms with Crippen molar-refractivity contribution in [2.24, 2.45) is 0 Å². The number of hydrogen-bond donors (Lipinski definition) is 3. The first-order chi connectivity index (χ1) is 9.33. The molecule has 0 bridgehead atoms. The minimum absolute atomic E-state index is 0.135. The maximum absolute atomic E-state index is 12.1. The monoisotopic (exact) mass is 297 g/mol. The number of carbonyl (C=O) groups excluding carboxylic acids is 1. The molecule has 1 aliphatic heterocycles. The van der Waals surface area contributed by atoms with Gasteiger partial charge < -0.3 is 15.7 Å². The third kappa shape index (κ3) is 6.06. The van der Waals surface area contributed by atoms with Crippen LogP contribution in [0.3, 0.4) is 0 Å². The third-order valence-corrected chi connectivity index (χ3v) is 3.39. The van der Waals surface area contributed by atoms with E-state index >= 15 is 0 Å². The van der Waals surface area contributed by atoms with E-state index in [1.54, 1.807) is 11.8 Å². The maximum Gasteiger partial charge on any atom is 0.405 e. The third-order valence-electron chi connectivity index (χ3n) is 3.39. The maximum atomic E-state index is 12.1. The molecule has 3 N–H and O–H groups in total. The Morgan fingerprint density at radius 3 is 2.75 bits per heavy atom. The lowest BCUT2D eigenvalue weighted by molar-refractivity contribution is -0.141. The molecule has 0 aromatic rings. The van der Waals surface area contributed by atoms with Crippen LogP contribution in [0.1, 0.15) is 19.8 Å². The molecule has 8 heteroatoms. The van der Waals surface area contributed by atoms with Crippen LogP contribution in [0.15, 0.2) is 0 Å². The summed E-state index contributed by atoms with van der Waals surface area (Å²) in [6.45, 7) is 1.80. The lowest BCUT2D eigenvalue weighted by Crippen LogP contribution is -2.51. The minimum atomic E-state index is -4.41. The van der Waals surface area contributed by atoms with Gasteiger partial charge in [0, 0.05) is 19.1 Å². The first-order valence-corrected chi connectivity index (χ1v) is 6.76. The number of nitrogens with one attached hydrogen (secondary N) is 2. The van der Waals surface area contributed by atoms with Crippen LogP contribution in [-0.4, -0.2) is 67.0 Å². The molecule has 2 atom stereocenters. The van der Waals surface area contributed by atoms with Crippen LogP contribution in [0.4, 0.5) is 13.2 Å². The van der Waals surface area contributed by atoms with E-state index in [4.69, 9.17) is 5.11 Å². The van der Waals surface area contributed by atoms with Crippen LogP contribution in [0, 0.1) is 0 Å². The standard InChI is InChI=1S/C12H22F3N3O2/c1-9(11(20)17-8-12(13,14)15)18(5-6-19)7-10-3-2-4-16-10/h9-10,16,19H,2-8H2,1H3,(H,17,20). The van der Waals surface area contributed by atoms with Crippen molar-refractivity contribution < 1.29 is 23.1 Å². The second-order valence-electron chi connectivity index (χ2n) is 5.02. The summed E-state index contributed by atoms with van der Waals surface area (Å²) >= 11 is 0. The van der Waals surface area contributed by atoms with Crippen molar-refractivity contribution in [1.29, 1.82) is 0 Å². The highest BCUT2D eigenvalue weighted by Crippen LogP contribution is 2.13. The number of hydrogen-bond acceptors (Lipinski definition) is 4. The van der Waals surface area contributed by atoms with E-state index in [1.165, 1.54) is 0 Å². The summed E-state index contributed by atoms with van der Waals surface area (Å²) < 4.78 is 36.2. The fourth-order valence-electron chi connectivity index (χ4n) is 2.27. The molecule has 1 aliphatic rings. The Balaban J connectivity index is 2.48. The van der Waals surface area contributed by atoms with Gasteiger partial charge in [0.1, 0.15) is 6.54 Å². The molecule has 0 spiro atoms. The number of nitrogens with zero attached hydrogens (tertiary/aromatic N) is 1. The molecule has 1 heterocycles. The van der Waals surface area contributed by atoms with E-state index in [2.05, 4.69) is 5.32 Å². The van der Waals surface area contributed by atoms with Crippen LogP contribution in [-0.2, 0) is 4.79 Å². The van der Waals surface area contributed by atoms with Crippen LogP contribution >= 0.6 is 0 Å². The van der Waals surface area contributed by atoms with E-state index < -0.39 is 24.7 Å². The van der Waals surface area contributed by atoms with E-state index in [1.807, 2.05) is 5.32 Å². The zero-order valence-corrected chi connectivity index (χ0v) is 11.5. The summed E-state index contributed by atoms with van der Waals surface area (Å²) in [7, 11) is 0. The number of aliphatic hydroxyl groups excluding tert-OH is 1. The van der Waals surface area contributed by atoms with Crippen LogP contribution < -0.4 is 10.6 Å². The fraction of sp³-hybridized carbons (Fsp3) is 0.917. The second-order valence-corrected chi connectivity index (χ2v) is 5.02. The molecule has 0 aliphatic carbocycles. The Morgan fingerprint density at radius 2 is 2.25 bits per heavy atom. The van der Waals surface area contributed by atoms with Crippen molar-refractivity contribution >= 4 is 5.91 Å². The summed E-state index contributed by atoms with van der Waals surface area (Å²) in [5, 5.41) is 14.2. The first-order valence-electron chi connectivity index (χ1n) is 6.76. The van der Waals surface area contributed by atoms with Crippen molar-refractivity contribution in [2.45, 2.75) is 38.0 Å². The summed E-state index contributed by atoms with van der Waals surface area (Å²) in [5.74, 6) is -0.672. The van der Waals surface area contributed by atoms with Gasteiger partial charge in [-0.05, 0) is 26.3 Å². The Kier molecular flexibility index (Phi) is 6.70. The smallest absolute Gasteiger partial charge is 0.395 e. The van der Waals surface area contributed by atoms with Gasteiger partial charge in [-0.25, -0.2) is 0 Å². The normalized spacial score (nSPS) is 21.2. The molecule has 1 amide bonds. The van der Waals surface area contributed by atoms with Crippen molar-refractivity contribution in [1.82, 2.24) is 15.5 Å². The number of halogens is 3. The summed E-state index contributed by atoms with van der Waals surface area (Å²) in [6.07, 6.45) is -2.39. The number of alkyl halides is 3. The van der Waals surface area contributed by atoms with Gasteiger partial charge in [-0.2, -0.15) is 13.2 Å². The highest BCUT2D eigenvalue weighted by Gasteiger charge is 2.30. The summed E-state index contributed by atoms with van der Waals surface area (Å²) in [5.41, 5.74) is 0. The predicted octanol–water partition coefficient (Wildman–Crippen LogP) is 0.0997. The van der Waals surface area contributed by atoms with E-state index in [9.17, 15) is 18.0 Å². The minimum Gasteiger partial charge on any atom is -0.395 e. The average molecular weight is 297 g/mol. The zero-order chi connectivity index (χ0) is 15.2. The molecular formula is C12H22F3N3O2. The summed E-state index contributed by atoms with van der Waals surface area (Å²) in [6, 6.07) is -0.480. The molecule has 118 valence electrons. The van der Waals surface area contributed by atoms with Gasteiger partial charge >= 0.3 is 6.18 Å². The molecular weight excluding hydrogens is 275 g/mol. The molecule has 2 unspecified atom stereocenters. The first kappa shape index (κ1) is 17.2. The summed E-state index contributed by atoms with van der Waals surface area (Å²) in [4.78, 5) is 13.4. The topological polar surface area (TPSA) is 64.6 Å². The zero-order valence-electron chi connectivity index (χ0n) is 11.5.